The van der Waals surface area contributed by atoms with Gasteiger partial charge in [0.05, 0.1) is 5.54 Å². The number of rotatable bonds is 1. The Bertz CT molecular complexity index is 721. The molecule has 2 rings (SSSR count). The summed E-state index contributed by atoms with van der Waals surface area (Å²) in [5, 5.41) is 3.37. The van der Waals surface area contributed by atoms with Crippen LogP contribution in [0, 0.1) is 0 Å². The lowest BCUT2D eigenvalue weighted by Crippen LogP contribution is -2.31. The quantitative estimate of drug-likeness (QED) is 0.822. The summed E-state index contributed by atoms with van der Waals surface area (Å²) in [7, 11) is 0. The molecule has 0 fully saturated rings. The van der Waals surface area contributed by atoms with Crippen LogP contribution in [0.2, 0.25) is 0 Å². The van der Waals surface area contributed by atoms with Gasteiger partial charge in [0.15, 0.2) is 11.4 Å². The molecule has 0 amide bonds. The minimum atomic E-state index is -0.234. The minimum absolute atomic E-state index is 0.121. The number of benzene rings is 1. The molecule has 5 heteroatoms. The zero-order valence-corrected chi connectivity index (χ0v) is 15.0. The zero-order chi connectivity index (χ0) is 15.8. The van der Waals surface area contributed by atoms with E-state index in [2.05, 4.69) is 52.0 Å². The van der Waals surface area contributed by atoms with Crippen molar-refractivity contribution in [2.24, 2.45) is 4.99 Å². The number of fused-ring (bicyclic) bond motifs is 1. The van der Waals surface area contributed by atoms with Gasteiger partial charge in [-0.2, -0.15) is 0 Å². The second-order valence-corrected chi connectivity index (χ2v) is 8.05. The Labute approximate surface area is 133 Å². The van der Waals surface area contributed by atoms with Gasteiger partial charge in [0.25, 0.3) is 5.55 Å². The van der Waals surface area contributed by atoms with Crippen molar-refractivity contribution in [1.82, 2.24) is 4.98 Å². The molecule has 0 saturated heterocycles. The van der Waals surface area contributed by atoms with Crippen molar-refractivity contribution >= 4 is 32.8 Å². The Morgan fingerprint density at radius 1 is 1.14 bits per heavy atom. The first-order valence-electron chi connectivity index (χ1n) is 6.98. The summed E-state index contributed by atoms with van der Waals surface area (Å²) in [5.41, 5.74) is 1.70. The summed E-state index contributed by atoms with van der Waals surface area (Å²) in [6, 6.07) is 5.77. The summed E-state index contributed by atoms with van der Waals surface area (Å²) in [5.74, 6) is 0.669. The van der Waals surface area contributed by atoms with E-state index in [4.69, 9.17) is 4.42 Å². The molecule has 0 unspecified atom stereocenters. The molecule has 1 aromatic heterocycles. The Morgan fingerprint density at radius 2 is 1.81 bits per heavy atom. The van der Waals surface area contributed by atoms with Crippen LogP contribution >= 0.6 is 15.9 Å². The van der Waals surface area contributed by atoms with Gasteiger partial charge in [0, 0.05) is 10.0 Å². The third-order valence-electron chi connectivity index (χ3n) is 2.49. The summed E-state index contributed by atoms with van der Waals surface area (Å²) in [6.45, 7) is 12.4. The minimum Gasteiger partial charge on any atom is -0.434 e. The Morgan fingerprint density at radius 3 is 2.38 bits per heavy atom. The molecule has 1 N–H and O–H groups in total. The number of halogens is 1. The fraction of sp³-hybridized carbons (Fsp3) is 0.500. The fourth-order valence-electron chi connectivity index (χ4n) is 1.80. The summed E-state index contributed by atoms with van der Waals surface area (Å²) in [4.78, 5) is 9.32. The van der Waals surface area contributed by atoms with E-state index in [-0.39, 0.29) is 11.1 Å². The van der Waals surface area contributed by atoms with E-state index in [0.29, 0.717) is 11.4 Å². The molecule has 0 aliphatic rings. The molecule has 4 nitrogen and oxygen atoms in total. The zero-order valence-electron chi connectivity index (χ0n) is 13.4. The van der Waals surface area contributed by atoms with Crippen molar-refractivity contribution in [2.45, 2.75) is 52.6 Å². The highest BCUT2D eigenvalue weighted by atomic mass is 79.9. The van der Waals surface area contributed by atoms with E-state index < -0.39 is 0 Å². The van der Waals surface area contributed by atoms with E-state index in [1.54, 1.807) is 0 Å². The Kier molecular flexibility index (Phi) is 4.15. The second kappa shape index (κ2) is 5.44. The summed E-state index contributed by atoms with van der Waals surface area (Å²) < 4.78 is 6.93. The predicted molar refractivity (Wildman–Crippen MR) is 90.4 cm³/mol. The molecule has 0 atom stereocenters. The molecule has 0 aliphatic heterocycles. The van der Waals surface area contributed by atoms with Crippen LogP contribution in [-0.4, -0.2) is 16.1 Å². The van der Waals surface area contributed by atoms with Gasteiger partial charge < -0.3 is 9.73 Å². The van der Waals surface area contributed by atoms with Gasteiger partial charge in [-0.1, -0.05) is 15.9 Å². The topological polar surface area (TPSA) is 50.4 Å². The van der Waals surface area contributed by atoms with Crippen LogP contribution in [0.4, 0.5) is 5.82 Å². The molecule has 1 heterocycles. The van der Waals surface area contributed by atoms with Crippen molar-refractivity contribution in [2.75, 3.05) is 5.32 Å². The van der Waals surface area contributed by atoms with Gasteiger partial charge >= 0.3 is 0 Å². The van der Waals surface area contributed by atoms with Crippen LogP contribution in [-0.2, 0) is 0 Å². The number of nitrogens with one attached hydrogen (secondary N) is 1. The highest BCUT2D eigenvalue weighted by Gasteiger charge is 2.16. The van der Waals surface area contributed by atoms with E-state index in [9.17, 15) is 0 Å². The maximum Gasteiger partial charge on any atom is 0.258 e. The Hall–Kier alpha value is -1.36. The molecule has 1 aromatic carbocycles. The van der Waals surface area contributed by atoms with Crippen LogP contribution in [0.3, 0.4) is 0 Å². The highest BCUT2D eigenvalue weighted by molar-refractivity contribution is 9.10. The summed E-state index contributed by atoms with van der Waals surface area (Å²) >= 11 is 3.46. The standard InChI is InChI=1S/C16H22BrN3O/c1-15(2,3)19-13-14(20-16(4,5)6)21-12-8-7-10(17)9-11(12)18-13/h7-9H,1-6H3,(H,18,19). The normalized spacial score (nSPS) is 13.8. The third-order valence-corrected chi connectivity index (χ3v) is 2.99. The van der Waals surface area contributed by atoms with Gasteiger partial charge in [-0.3, -0.25) is 0 Å². The van der Waals surface area contributed by atoms with E-state index in [0.717, 1.165) is 15.6 Å². The van der Waals surface area contributed by atoms with Crippen LogP contribution in [0.25, 0.3) is 11.1 Å². The van der Waals surface area contributed by atoms with Crippen LogP contribution in [0.1, 0.15) is 41.5 Å². The average Bonchev–Trinajstić information content (AvgIpc) is 2.26. The lowest BCUT2D eigenvalue weighted by Gasteiger charge is -2.21. The lowest BCUT2D eigenvalue weighted by molar-refractivity contribution is 0.472. The highest BCUT2D eigenvalue weighted by Crippen LogP contribution is 2.19. The van der Waals surface area contributed by atoms with Crippen molar-refractivity contribution in [3.63, 3.8) is 0 Å². The fourth-order valence-corrected chi connectivity index (χ4v) is 2.15. The molecule has 0 radical (unpaired) electrons. The summed E-state index contributed by atoms with van der Waals surface area (Å²) in [6.07, 6.45) is 0. The van der Waals surface area contributed by atoms with Crippen molar-refractivity contribution in [3.8, 4) is 0 Å². The first-order valence-corrected chi connectivity index (χ1v) is 7.77. The molecule has 0 bridgehead atoms. The molecule has 2 aromatic rings. The van der Waals surface area contributed by atoms with Crippen molar-refractivity contribution < 1.29 is 4.42 Å². The molecule has 0 aliphatic carbocycles. The largest absolute Gasteiger partial charge is 0.434 e. The van der Waals surface area contributed by atoms with Crippen LogP contribution in [0.15, 0.2) is 32.1 Å². The average molecular weight is 352 g/mol. The molecule has 114 valence electrons. The monoisotopic (exact) mass is 351 g/mol. The maximum absolute atomic E-state index is 5.96. The van der Waals surface area contributed by atoms with Crippen LogP contribution < -0.4 is 10.9 Å². The number of aromatic nitrogens is 1. The van der Waals surface area contributed by atoms with E-state index in [1.807, 2.05) is 39.0 Å². The number of hydrogen-bond acceptors (Lipinski definition) is 4. The SMILES string of the molecule is CC(C)(C)N=c1oc2ccc(Br)cc2nc1NC(C)(C)C. The smallest absolute Gasteiger partial charge is 0.258 e. The maximum atomic E-state index is 5.96. The van der Waals surface area contributed by atoms with Gasteiger partial charge in [-0.25, -0.2) is 9.98 Å². The first-order chi connectivity index (χ1) is 9.53. The second-order valence-electron chi connectivity index (χ2n) is 7.14. The van der Waals surface area contributed by atoms with Gasteiger partial charge in [0.2, 0.25) is 0 Å². The van der Waals surface area contributed by atoms with E-state index in [1.165, 1.54) is 0 Å². The van der Waals surface area contributed by atoms with Gasteiger partial charge in [-0.05, 0) is 59.7 Å². The lowest BCUT2D eigenvalue weighted by atomic mass is 10.1. The molecule has 0 spiro atoms. The Balaban J connectivity index is 2.71. The number of anilines is 1. The van der Waals surface area contributed by atoms with E-state index >= 15 is 0 Å². The van der Waals surface area contributed by atoms with Gasteiger partial charge in [0.1, 0.15) is 5.52 Å². The van der Waals surface area contributed by atoms with Gasteiger partial charge in [-0.15, -0.1) is 0 Å². The van der Waals surface area contributed by atoms with Crippen molar-refractivity contribution in [1.29, 1.82) is 0 Å². The molecule has 21 heavy (non-hydrogen) atoms. The predicted octanol–water partition coefficient (Wildman–Crippen LogP) is 4.50. The molecular formula is C16H22BrN3O. The molecule has 0 saturated carbocycles. The third kappa shape index (κ3) is 4.56. The first kappa shape index (κ1) is 16.0. The number of nitrogens with zero attached hydrogens (tertiary/aromatic N) is 2. The van der Waals surface area contributed by atoms with Crippen molar-refractivity contribution in [3.05, 3.63) is 28.2 Å². The molecular weight excluding hydrogens is 330 g/mol. The number of hydrogen-bond donors (Lipinski definition) is 1. The van der Waals surface area contributed by atoms with Crippen LogP contribution in [0.5, 0.6) is 0 Å².